The number of carbonyl (C=O) groups is 3. The van der Waals surface area contributed by atoms with Gasteiger partial charge in [-0.2, -0.15) is 0 Å². The molecular weight excluding hydrogens is 316 g/mol. The van der Waals surface area contributed by atoms with E-state index in [2.05, 4.69) is 10.6 Å². The molecule has 2 amide bonds. The number of hydrogen-bond acceptors (Lipinski definition) is 6. The van der Waals surface area contributed by atoms with Gasteiger partial charge in [0.2, 0.25) is 0 Å². The summed E-state index contributed by atoms with van der Waals surface area (Å²) in [6, 6.07) is 4.61. The van der Waals surface area contributed by atoms with E-state index in [9.17, 15) is 14.4 Å². The van der Waals surface area contributed by atoms with Crippen molar-refractivity contribution in [3.8, 4) is 11.5 Å². The maximum Gasteiger partial charge on any atom is 0.325 e. The van der Waals surface area contributed by atoms with E-state index >= 15 is 0 Å². The van der Waals surface area contributed by atoms with Crippen molar-refractivity contribution in [3.05, 3.63) is 23.8 Å². The van der Waals surface area contributed by atoms with Gasteiger partial charge in [0.15, 0.2) is 6.61 Å². The summed E-state index contributed by atoms with van der Waals surface area (Å²) in [6.45, 7) is 2.85. The third-order valence-corrected chi connectivity index (χ3v) is 2.82. The van der Waals surface area contributed by atoms with Crippen molar-refractivity contribution >= 4 is 17.8 Å². The number of hydrogen-bond donors (Lipinski definition) is 2. The summed E-state index contributed by atoms with van der Waals surface area (Å²) in [7, 11) is 2.94. The third-order valence-electron chi connectivity index (χ3n) is 2.82. The van der Waals surface area contributed by atoms with Crippen molar-refractivity contribution in [3.63, 3.8) is 0 Å². The average Bonchev–Trinajstić information content (AvgIpc) is 2.56. The molecule has 0 heterocycles. The molecule has 8 heteroatoms. The minimum atomic E-state index is -0.711. The molecule has 0 unspecified atom stereocenters. The highest BCUT2D eigenvalue weighted by Gasteiger charge is 2.13. The van der Waals surface area contributed by atoms with Crippen molar-refractivity contribution in [1.82, 2.24) is 10.6 Å². The largest absolute Gasteiger partial charge is 0.497 e. The maximum atomic E-state index is 12.1. The van der Waals surface area contributed by atoms with E-state index in [4.69, 9.17) is 14.2 Å². The molecule has 2 N–H and O–H groups in total. The van der Waals surface area contributed by atoms with Crippen LogP contribution in [0, 0.1) is 0 Å². The molecule has 8 nitrogen and oxygen atoms in total. The first-order chi connectivity index (χ1) is 11.3. The van der Waals surface area contributed by atoms with Gasteiger partial charge in [-0.15, -0.1) is 0 Å². The first kappa shape index (κ1) is 19.3. The van der Waals surface area contributed by atoms with Gasteiger partial charge in [-0.1, -0.05) is 0 Å². The fraction of sp³-hybridized carbons (Fsp3) is 0.438. The Morgan fingerprint density at radius 3 is 2.12 bits per heavy atom. The van der Waals surface area contributed by atoms with E-state index < -0.39 is 17.8 Å². The van der Waals surface area contributed by atoms with Gasteiger partial charge in [0.05, 0.1) is 14.2 Å². The highest BCUT2D eigenvalue weighted by molar-refractivity contribution is 5.96. The van der Waals surface area contributed by atoms with Crippen molar-refractivity contribution < 1.29 is 28.6 Å². The monoisotopic (exact) mass is 338 g/mol. The molecule has 0 aliphatic heterocycles. The van der Waals surface area contributed by atoms with Gasteiger partial charge < -0.3 is 24.8 Å². The second-order valence-electron chi connectivity index (χ2n) is 5.17. The fourth-order valence-electron chi connectivity index (χ4n) is 1.75. The predicted molar refractivity (Wildman–Crippen MR) is 86.1 cm³/mol. The van der Waals surface area contributed by atoms with Crippen molar-refractivity contribution in [1.29, 1.82) is 0 Å². The Balaban J connectivity index is 2.51. The number of amides is 2. The van der Waals surface area contributed by atoms with Crippen LogP contribution in [0.5, 0.6) is 11.5 Å². The molecule has 0 fully saturated rings. The van der Waals surface area contributed by atoms with Crippen LogP contribution >= 0.6 is 0 Å². The smallest absolute Gasteiger partial charge is 0.325 e. The molecule has 0 saturated carbocycles. The van der Waals surface area contributed by atoms with Gasteiger partial charge in [-0.3, -0.25) is 14.4 Å². The van der Waals surface area contributed by atoms with E-state index in [1.807, 2.05) is 0 Å². The molecule has 0 bridgehead atoms. The Bertz CT molecular complexity index is 578. The molecule has 132 valence electrons. The van der Waals surface area contributed by atoms with Crippen LogP contribution in [0.25, 0.3) is 0 Å². The van der Waals surface area contributed by atoms with Crippen molar-refractivity contribution in [2.75, 3.05) is 27.4 Å². The lowest BCUT2D eigenvalue weighted by atomic mass is 10.2. The van der Waals surface area contributed by atoms with Crippen LogP contribution in [-0.4, -0.2) is 51.2 Å². The van der Waals surface area contributed by atoms with E-state index in [-0.39, 0.29) is 24.8 Å². The van der Waals surface area contributed by atoms with Crippen LogP contribution in [0.1, 0.15) is 24.2 Å². The topological polar surface area (TPSA) is 103 Å². The quantitative estimate of drug-likeness (QED) is 0.669. The van der Waals surface area contributed by atoms with Crippen LogP contribution in [-0.2, 0) is 14.3 Å². The Morgan fingerprint density at radius 1 is 1.04 bits per heavy atom. The summed E-state index contributed by atoms with van der Waals surface area (Å²) in [5, 5.41) is 4.99. The molecule has 0 aliphatic rings. The van der Waals surface area contributed by atoms with Crippen molar-refractivity contribution in [2.45, 2.75) is 19.9 Å². The Labute approximate surface area is 140 Å². The second-order valence-corrected chi connectivity index (χ2v) is 5.17. The van der Waals surface area contributed by atoms with Crippen LogP contribution in [0.4, 0.5) is 0 Å². The lowest BCUT2D eigenvalue weighted by Crippen LogP contribution is -2.36. The number of benzene rings is 1. The van der Waals surface area contributed by atoms with Gasteiger partial charge in [0.25, 0.3) is 11.8 Å². The van der Waals surface area contributed by atoms with Crippen LogP contribution in [0.2, 0.25) is 0 Å². The summed E-state index contributed by atoms with van der Waals surface area (Å²) < 4.78 is 14.9. The predicted octanol–water partition coefficient (Wildman–Crippen LogP) is 0.501. The first-order valence-corrected chi connectivity index (χ1v) is 7.32. The van der Waals surface area contributed by atoms with Gasteiger partial charge >= 0.3 is 5.97 Å². The molecule has 1 aromatic rings. The molecule has 0 aromatic heterocycles. The molecule has 0 atom stereocenters. The third kappa shape index (κ3) is 6.55. The van der Waals surface area contributed by atoms with Crippen LogP contribution in [0.3, 0.4) is 0 Å². The summed E-state index contributed by atoms with van der Waals surface area (Å²) in [4.78, 5) is 35.0. The van der Waals surface area contributed by atoms with E-state index in [0.29, 0.717) is 11.5 Å². The molecule has 0 spiro atoms. The van der Waals surface area contributed by atoms with Gasteiger partial charge in [0.1, 0.15) is 18.0 Å². The van der Waals surface area contributed by atoms with E-state index in [1.54, 1.807) is 19.9 Å². The van der Waals surface area contributed by atoms with Crippen molar-refractivity contribution in [2.24, 2.45) is 0 Å². The number of esters is 1. The first-order valence-electron chi connectivity index (χ1n) is 7.32. The number of nitrogens with one attached hydrogen (secondary N) is 2. The van der Waals surface area contributed by atoms with Crippen LogP contribution < -0.4 is 20.1 Å². The fourth-order valence-corrected chi connectivity index (χ4v) is 1.75. The minimum absolute atomic E-state index is 0.0426. The van der Waals surface area contributed by atoms with Gasteiger partial charge in [-0.25, -0.2) is 0 Å². The molecule has 0 aliphatic carbocycles. The summed E-state index contributed by atoms with van der Waals surface area (Å²) >= 11 is 0. The number of methoxy groups -OCH3 is 2. The standard InChI is InChI=1S/C16H22N2O6/c1-10(2)18-14(19)9-24-15(20)8-17-16(21)11-5-12(22-3)7-13(6-11)23-4/h5-7,10H,8-9H2,1-4H3,(H,17,21)(H,18,19). The van der Waals surface area contributed by atoms with E-state index in [1.165, 1.54) is 26.4 Å². The normalized spacial score (nSPS) is 10.0. The van der Waals surface area contributed by atoms with E-state index in [0.717, 1.165) is 0 Å². The second kappa shape index (κ2) is 9.39. The van der Waals surface area contributed by atoms with Gasteiger partial charge in [0, 0.05) is 17.7 Å². The number of carbonyl (C=O) groups excluding carboxylic acids is 3. The zero-order valence-corrected chi connectivity index (χ0v) is 14.2. The molecule has 0 radical (unpaired) electrons. The lowest BCUT2D eigenvalue weighted by Gasteiger charge is -2.10. The molecule has 1 aromatic carbocycles. The summed E-state index contributed by atoms with van der Waals surface area (Å²) in [5.74, 6) is -0.699. The Kier molecular flexibility index (Phi) is 7.54. The lowest BCUT2D eigenvalue weighted by molar-refractivity contribution is -0.147. The average molecular weight is 338 g/mol. The summed E-state index contributed by atoms with van der Waals surface area (Å²) in [6.07, 6.45) is 0. The van der Waals surface area contributed by atoms with Crippen LogP contribution in [0.15, 0.2) is 18.2 Å². The van der Waals surface area contributed by atoms with Gasteiger partial charge in [-0.05, 0) is 26.0 Å². The number of rotatable bonds is 8. The zero-order valence-electron chi connectivity index (χ0n) is 14.2. The Hall–Kier alpha value is -2.77. The Morgan fingerprint density at radius 2 is 1.62 bits per heavy atom. The minimum Gasteiger partial charge on any atom is -0.497 e. The molecule has 1 rings (SSSR count). The highest BCUT2D eigenvalue weighted by Crippen LogP contribution is 2.22. The zero-order chi connectivity index (χ0) is 18.1. The SMILES string of the molecule is COc1cc(OC)cc(C(=O)NCC(=O)OCC(=O)NC(C)C)c1. The molecule has 24 heavy (non-hydrogen) atoms. The maximum absolute atomic E-state index is 12.1. The highest BCUT2D eigenvalue weighted by atomic mass is 16.5. The molecule has 0 saturated heterocycles. The molecular formula is C16H22N2O6. The summed E-state index contributed by atoms with van der Waals surface area (Å²) in [5.41, 5.74) is 0.275. The number of ether oxygens (including phenoxy) is 3.